The van der Waals surface area contributed by atoms with Gasteiger partial charge in [0.1, 0.15) is 11.9 Å². The number of carbonyl (C=O) groups excluding carboxylic acids is 1. The summed E-state index contributed by atoms with van der Waals surface area (Å²) in [5.41, 5.74) is 1.08. The second-order valence-electron chi connectivity index (χ2n) is 6.47. The van der Waals surface area contributed by atoms with Crippen LogP contribution in [0.5, 0.6) is 5.75 Å². The molecule has 0 bridgehead atoms. The van der Waals surface area contributed by atoms with Crippen molar-refractivity contribution in [1.29, 1.82) is 0 Å². The summed E-state index contributed by atoms with van der Waals surface area (Å²) >= 11 is 0. The van der Waals surface area contributed by atoms with Gasteiger partial charge in [-0.3, -0.25) is 0 Å². The fraction of sp³-hybridized carbons (Fsp3) is 0.500. The van der Waals surface area contributed by atoms with E-state index < -0.39 is 0 Å². The van der Waals surface area contributed by atoms with Gasteiger partial charge >= 0.3 is 6.09 Å². The maximum Gasteiger partial charge on any atom is 0.409 e. The van der Waals surface area contributed by atoms with Crippen LogP contribution in [0.4, 0.5) is 4.79 Å². The van der Waals surface area contributed by atoms with Crippen molar-refractivity contribution in [1.82, 2.24) is 9.88 Å². The molecule has 1 aliphatic heterocycles. The van der Waals surface area contributed by atoms with Crippen molar-refractivity contribution in [2.75, 3.05) is 19.7 Å². The maximum atomic E-state index is 12.0. The van der Waals surface area contributed by atoms with Gasteiger partial charge in [-0.1, -0.05) is 19.9 Å². The molecule has 0 unspecified atom stereocenters. The molecule has 0 aliphatic carbocycles. The number of fused-ring (bicyclic) bond motifs is 1. The predicted octanol–water partition coefficient (Wildman–Crippen LogP) is 3.80. The molecule has 1 fully saturated rings. The van der Waals surface area contributed by atoms with E-state index in [0.29, 0.717) is 25.6 Å². The highest BCUT2D eigenvalue weighted by atomic mass is 16.6. The second kappa shape index (κ2) is 6.94. The van der Waals surface area contributed by atoms with Crippen molar-refractivity contribution in [2.24, 2.45) is 5.92 Å². The van der Waals surface area contributed by atoms with Crippen molar-refractivity contribution < 1.29 is 14.3 Å². The number of benzene rings is 1. The van der Waals surface area contributed by atoms with Crippen LogP contribution in [0.25, 0.3) is 10.9 Å². The molecule has 5 nitrogen and oxygen atoms in total. The van der Waals surface area contributed by atoms with Crippen molar-refractivity contribution in [3.8, 4) is 5.75 Å². The zero-order valence-electron chi connectivity index (χ0n) is 13.7. The molecule has 1 N–H and O–H groups in total. The molecule has 5 heteroatoms. The topological polar surface area (TPSA) is 54.6 Å². The highest BCUT2D eigenvalue weighted by molar-refractivity contribution is 5.85. The molecule has 1 aliphatic rings. The van der Waals surface area contributed by atoms with E-state index in [2.05, 4.69) is 4.98 Å². The van der Waals surface area contributed by atoms with Crippen LogP contribution in [0, 0.1) is 5.92 Å². The Morgan fingerprint density at radius 2 is 2.09 bits per heavy atom. The van der Waals surface area contributed by atoms with Crippen LogP contribution in [0.3, 0.4) is 0 Å². The Morgan fingerprint density at radius 1 is 1.30 bits per heavy atom. The van der Waals surface area contributed by atoms with E-state index in [0.717, 1.165) is 29.5 Å². The lowest BCUT2D eigenvalue weighted by molar-refractivity contribution is 0.0622. The number of H-pyrrole nitrogens is 1. The Bertz CT molecular complexity index is 657. The first-order valence-corrected chi connectivity index (χ1v) is 8.28. The SMILES string of the molecule is CC(C)COC(=O)N1CCC(Oc2cccc3[nH]ccc23)CC1. The highest BCUT2D eigenvalue weighted by Gasteiger charge is 2.25. The summed E-state index contributed by atoms with van der Waals surface area (Å²) in [6, 6.07) is 8.06. The van der Waals surface area contributed by atoms with Crippen molar-refractivity contribution in [2.45, 2.75) is 32.8 Å². The first-order chi connectivity index (χ1) is 11.1. The Morgan fingerprint density at radius 3 is 2.83 bits per heavy atom. The zero-order chi connectivity index (χ0) is 16.2. The maximum absolute atomic E-state index is 12.0. The molecular formula is C18H24N2O3. The van der Waals surface area contributed by atoms with Crippen LogP contribution in [0.15, 0.2) is 30.5 Å². The van der Waals surface area contributed by atoms with Gasteiger partial charge in [0.05, 0.1) is 6.61 Å². The zero-order valence-corrected chi connectivity index (χ0v) is 13.7. The van der Waals surface area contributed by atoms with Crippen molar-refractivity contribution in [3.63, 3.8) is 0 Å². The Kier molecular flexibility index (Phi) is 4.74. The molecule has 2 heterocycles. The molecular weight excluding hydrogens is 292 g/mol. The van der Waals surface area contributed by atoms with Crippen molar-refractivity contribution >= 4 is 17.0 Å². The number of aromatic amines is 1. The minimum atomic E-state index is -0.204. The van der Waals surface area contributed by atoms with Crippen LogP contribution < -0.4 is 4.74 Å². The number of amides is 1. The van der Waals surface area contributed by atoms with Crippen LogP contribution in [-0.4, -0.2) is 41.8 Å². The molecule has 3 rings (SSSR count). The summed E-state index contributed by atoms with van der Waals surface area (Å²) in [5, 5.41) is 1.10. The number of piperidine rings is 1. The van der Waals surface area contributed by atoms with Crippen molar-refractivity contribution in [3.05, 3.63) is 30.5 Å². The van der Waals surface area contributed by atoms with Crippen LogP contribution in [-0.2, 0) is 4.74 Å². The predicted molar refractivity (Wildman–Crippen MR) is 89.7 cm³/mol. The number of rotatable bonds is 4. The molecule has 124 valence electrons. The van der Waals surface area contributed by atoms with Gasteiger partial charge in [-0.25, -0.2) is 4.79 Å². The van der Waals surface area contributed by atoms with E-state index in [1.807, 2.05) is 44.3 Å². The van der Waals surface area contributed by atoms with Crippen LogP contribution >= 0.6 is 0 Å². The number of likely N-dealkylation sites (tertiary alicyclic amines) is 1. The standard InChI is InChI=1S/C18H24N2O3/c1-13(2)12-22-18(21)20-10-7-14(8-11-20)23-17-5-3-4-16-15(17)6-9-19-16/h3-6,9,13-14,19H,7-8,10-12H2,1-2H3. The van der Waals surface area contributed by atoms with Crippen LogP contribution in [0.1, 0.15) is 26.7 Å². The minimum Gasteiger partial charge on any atom is -0.490 e. The number of carbonyl (C=O) groups is 1. The smallest absolute Gasteiger partial charge is 0.409 e. The number of hydrogen-bond donors (Lipinski definition) is 1. The Hall–Kier alpha value is -2.17. The molecule has 1 amide bonds. The number of nitrogens with zero attached hydrogens (tertiary/aromatic N) is 1. The average Bonchev–Trinajstić information content (AvgIpc) is 3.03. The van der Waals surface area contributed by atoms with E-state index in [1.54, 1.807) is 4.90 Å². The third-order valence-electron chi connectivity index (χ3n) is 4.09. The molecule has 0 saturated carbocycles. The minimum absolute atomic E-state index is 0.143. The fourth-order valence-electron chi connectivity index (χ4n) is 2.82. The van der Waals surface area contributed by atoms with Gasteiger partial charge in [-0.05, 0) is 24.1 Å². The summed E-state index contributed by atoms with van der Waals surface area (Å²) < 4.78 is 11.4. The monoisotopic (exact) mass is 316 g/mol. The number of aromatic nitrogens is 1. The molecule has 0 atom stereocenters. The molecule has 23 heavy (non-hydrogen) atoms. The normalized spacial score (nSPS) is 16.0. The molecule has 0 radical (unpaired) electrons. The fourth-order valence-corrected chi connectivity index (χ4v) is 2.82. The quantitative estimate of drug-likeness (QED) is 0.933. The number of hydrogen-bond acceptors (Lipinski definition) is 3. The number of nitrogens with one attached hydrogen (secondary N) is 1. The summed E-state index contributed by atoms with van der Waals surface area (Å²) in [6.45, 7) is 5.92. The third kappa shape index (κ3) is 3.78. The van der Waals surface area contributed by atoms with Gasteiger partial charge in [0.15, 0.2) is 0 Å². The number of ether oxygens (including phenoxy) is 2. The summed E-state index contributed by atoms with van der Waals surface area (Å²) in [4.78, 5) is 16.9. The Labute approximate surface area is 136 Å². The lowest BCUT2D eigenvalue weighted by atomic mass is 10.1. The van der Waals surface area contributed by atoms with Gasteiger partial charge in [0.25, 0.3) is 0 Å². The largest absolute Gasteiger partial charge is 0.490 e. The van der Waals surface area contributed by atoms with Gasteiger partial charge in [0, 0.05) is 43.0 Å². The summed E-state index contributed by atoms with van der Waals surface area (Å²) in [5.74, 6) is 1.27. The lowest BCUT2D eigenvalue weighted by Crippen LogP contribution is -2.42. The van der Waals surface area contributed by atoms with E-state index in [4.69, 9.17) is 9.47 Å². The third-order valence-corrected chi connectivity index (χ3v) is 4.09. The van der Waals surface area contributed by atoms with Gasteiger partial charge in [-0.2, -0.15) is 0 Å². The highest BCUT2D eigenvalue weighted by Crippen LogP contribution is 2.27. The molecule has 0 spiro atoms. The molecule has 2 aromatic rings. The van der Waals surface area contributed by atoms with Crippen LogP contribution in [0.2, 0.25) is 0 Å². The van der Waals surface area contributed by atoms with E-state index in [9.17, 15) is 4.79 Å². The Balaban J connectivity index is 1.53. The summed E-state index contributed by atoms with van der Waals surface area (Å²) in [7, 11) is 0. The van der Waals surface area contributed by atoms with E-state index >= 15 is 0 Å². The molecule has 1 aromatic heterocycles. The summed E-state index contributed by atoms with van der Waals surface area (Å²) in [6.07, 6.45) is 3.52. The van der Waals surface area contributed by atoms with E-state index in [1.165, 1.54) is 0 Å². The van der Waals surface area contributed by atoms with E-state index in [-0.39, 0.29) is 12.2 Å². The van der Waals surface area contributed by atoms with Gasteiger partial charge in [0.2, 0.25) is 0 Å². The average molecular weight is 316 g/mol. The molecule has 1 saturated heterocycles. The molecule has 1 aromatic carbocycles. The lowest BCUT2D eigenvalue weighted by Gasteiger charge is -2.31. The first-order valence-electron chi connectivity index (χ1n) is 8.28. The van der Waals surface area contributed by atoms with Gasteiger partial charge < -0.3 is 19.4 Å². The second-order valence-corrected chi connectivity index (χ2v) is 6.47. The van der Waals surface area contributed by atoms with Gasteiger partial charge in [-0.15, -0.1) is 0 Å². The first kappa shape index (κ1) is 15.7.